The van der Waals surface area contributed by atoms with Gasteiger partial charge in [0.1, 0.15) is 11.6 Å². The Morgan fingerprint density at radius 1 is 1.13 bits per heavy atom. The Balaban J connectivity index is 2.53. The molecule has 80 valence electrons. The molecule has 0 saturated heterocycles. The van der Waals surface area contributed by atoms with E-state index >= 15 is 0 Å². The summed E-state index contributed by atoms with van der Waals surface area (Å²) in [6.45, 7) is -0.226. The molecule has 2 aromatic rings. The Hall–Kier alpha value is -0.300. The molecule has 0 aliphatic rings. The lowest BCUT2D eigenvalue weighted by molar-refractivity contribution is 0.285. The summed E-state index contributed by atoms with van der Waals surface area (Å²) in [6, 6.07) is 2.53. The zero-order valence-electron chi connectivity index (χ0n) is 7.26. The molecule has 0 amide bonds. The molecular formula is C9H5BrF2OS2. The molecule has 1 N–H and O–H groups in total. The average Bonchev–Trinajstić information content (AvgIpc) is 2.69. The number of thiophene rings is 2. The number of hydrogen-bond donors (Lipinski definition) is 1. The Morgan fingerprint density at radius 2 is 1.73 bits per heavy atom. The van der Waals surface area contributed by atoms with Gasteiger partial charge in [-0.05, 0) is 28.1 Å². The second-order valence-electron chi connectivity index (χ2n) is 2.78. The van der Waals surface area contributed by atoms with Crippen molar-refractivity contribution in [3.63, 3.8) is 0 Å². The van der Waals surface area contributed by atoms with E-state index in [-0.39, 0.29) is 16.4 Å². The van der Waals surface area contributed by atoms with Gasteiger partial charge >= 0.3 is 0 Å². The zero-order valence-corrected chi connectivity index (χ0v) is 10.5. The van der Waals surface area contributed by atoms with Crippen LogP contribution in [0.4, 0.5) is 8.78 Å². The molecule has 15 heavy (non-hydrogen) atoms. The molecule has 2 rings (SSSR count). The van der Waals surface area contributed by atoms with E-state index in [9.17, 15) is 8.78 Å². The zero-order chi connectivity index (χ0) is 11.0. The first-order valence-corrected chi connectivity index (χ1v) is 6.38. The fraction of sp³-hybridized carbons (Fsp3) is 0.111. The van der Waals surface area contributed by atoms with Crippen LogP contribution in [-0.2, 0) is 6.61 Å². The van der Waals surface area contributed by atoms with Crippen LogP contribution >= 0.6 is 38.6 Å². The SMILES string of the molecule is OCc1cc(F)c(-c2sc(Br)cc2F)s1. The highest BCUT2D eigenvalue weighted by molar-refractivity contribution is 9.11. The van der Waals surface area contributed by atoms with E-state index in [0.29, 0.717) is 8.66 Å². The molecule has 0 aromatic carbocycles. The average molecular weight is 311 g/mol. The first-order chi connectivity index (χ1) is 7.11. The minimum absolute atomic E-state index is 0.226. The lowest BCUT2D eigenvalue weighted by Gasteiger charge is -1.91. The van der Waals surface area contributed by atoms with Gasteiger partial charge in [-0.1, -0.05) is 0 Å². The van der Waals surface area contributed by atoms with Crippen molar-refractivity contribution in [2.24, 2.45) is 0 Å². The lowest BCUT2D eigenvalue weighted by Crippen LogP contribution is -1.74. The van der Waals surface area contributed by atoms with Crippen LogP contribution in [0.3, 0.4) is 0 Å². The minimum atomic E-state index is -0.489. The molecule has 6 heteroatoms. The van der Waals surface area contributed by atoms with E-state index in [1.807, 2.05) is 0 Å². The molecule has 2 heterocycles. The maximum Gasteiger partial charge on any atom is 0.143 e. The van der Waals surface area contributed by atoms with Crippen LogP contribution in [0.5, 0.6) is 0 Å². The van der Waals surface area contributed by atoms with Crippen molar-refractivity contribution in [3.8, 4) is 9.75 Å². The van der Waals surface area contributed by atoms with Crippen LogP contribution in [0, 0.1) is 11.6 Å². The molecular weight excluding hydrogens is 306 g/mol. The van der Waals surface area contributed by atoms with Crippen molar-refractivity contribution in [2.45, 2.75) is 6.61 Å². The highest BCUT2D eigenvalue weighted by Crippen LogP contribution is 2.40. The third-order valence-corrected chi connectivity index (χ3v) is 4.63. The van der Waals surface area contributed by atoms with E-state index in [0.717, 1.165) is 22.7 Å². The third kappa shape index (κ3) is 2.13. The van der Waals surface area contributed by atoms with E-state index < -0.39 is 11.6 Å². The summed E-state index contributed by atoms with van der Waals surface area (Å²) < 4.78 is 27.4. The summed E-state index contributed by atoms with van der Waals surface area (Å²) in [7, 11) is 0. The molecule has 0 unspecified atom stereocenters. The fourth-order valence-electron chi connectivity index (χ4n) is 1.14. The number of hydrogen-bond acceptors (Lipinski definition) is 3. The minimum Gasteiger partial charge on any atom is -0.391 e. The first-order valence-electron chi connectivity index (χ1n) is 3.96. The van der Waals surface area contributed by atoms with Crippen LogP contribution in [-0.4, -0.2) is 5.11 Å². The highest BCUT2D eigenvalue weighted by Gasteiger charge is 2.17. The van der Waals surface area contributed by atoms with Gasteiger partial charge in [-0.15, -0.1) is 22.7 Å². The second-order valence-corrected chi connectivity index (χ2v) is 6.34. The Kier molecular flexibility index (Phi) is 3.20. The second kappa shape index (κ2) is 4.29. The van der Waals surface area contributed by atoms with Crippen LogP contribution in [0.25, 0.3) is 9.75 Å². The van der Waals surface area contributed by atoms with E-state index in [4.69, 9.17) is 5.11 Å². The molecule has 0 aliphatic carbocycles. The van der Waals surface area contributed by atoms with Gasteiger partial charge < -0.3 is 5.11 Å². The highest BCUT2D eigenvalue weighted by atomic mass is 79.9. The third-order valence-electron chi connectivity index (χ3n) is 1.76. The molecule has 0 bridgehead atoms. The maximum atomic E-state index is 13.4. The van der Waals surface area contributed by atoms with Gasteiger partial charge in [0.2, 0.25) is 0 Å². The Morgan fingerprint density at radius 3 is 2.20 bits per heavy atom. The molecule has 0 fully saturated rings. The molecule has 0 spiro atoms. The lowest BCUT2D eigenvalue weighted by atomic mass is 10.3. The van der Waals surface area contributed by atoms with Gasteiger partial charge in [-0.3, -0.25) is 0 Å². The van der Waals surface area contributed by atoms with E-state index in [1.54, 1.807) is 0 Å². The van der Waals surface area contributed by atoms with E-state index in [1.165, 1.54) is 12.1 Å². The quantitative estimate of drug-likeness (QED) is 0.888. The molecule has 0 aliphatic heterocycles. The summed E-state index contributed by atoms with van der Waals surface area (Å²) in [5.41, 5.74) is 0. The fourth-order valence-corrected chi connectivity index (χ4v) is 3.62. The number of aliphatic hydroxyl groups excluding tert-OH is 1. The molecule has 1 nitrogen and oxygen atoms in total. The van der Waals surface area contributed by atoms with Crippen molar-refractivity contribution in [1.82, 2.24) is 0 Å². The van der Waals surface area contributed by atoms with Crippen molar-refractivity contribution in [1.29, 1.82) is 0 Å². The van der Waals surface area contributed by atoms with Gasteiger partial charge in [0.05, 0.1) is 20.1 Å². The first kappa shape index (κ1) is 11.2. The van der Waals surface area contributed by atoms with Crippen molar-refractivity contribution in [3.05, 3.63) is 32.4 Å². The van der Waals surface area contributed by atoms with Gasteiger partial charge in [-0.2, -0.15) is 0 Å². The predicted molar refractivity (Wildman–Crippen MR) is 61.2 cm³/mol. The topological polar surface area (TPSA) is 20.2 Å². The largest absolute Gasteiger partial charge is 0.391 e. The summed E-state index contributed by atoms with van der Waals surface area (Å²) in [4.78, 5) is 1.00. The predicted octanol–water partition coefficient (Wildman–Crippen LogP) is 4.01. The molecule has 2 aromatic heterocycles. The normalized spacial score (nSPS) is 10.9. The van der Waals surface area contributed by atoms with Crippen molar-refractivity contribution < 1.29 is 13.9 Å². The van der Waals surface area contributed by atoms with Gasteiger partial charge in [0.25, 0.3) is 0 Å². The molecule has 0 atom stereocenters. The van der Waals surface area contributed by atoms with Crippen LogP contribution < -0.4 is 0 Å². The van der Waals surface area contributed by atoms with Gasteiger partial charge in [0, 0.05) is 4.88 Å². The Bertz CT molecular complexity index is 492. The molecule has 0 saturated carbocycles. The number of halogens is 3. The maximum absolute atomic E-state index is 13.4. The van der Waals surface area contributed by atoms with E-state index in [2.05, 4.69) is 15.9 Å². The molecule has 0 radical (unpaired) electrons. The summed E-state index contributed by atoms with van der Waals surface area (Å²) in [5, 5.41) is 8.84. The Labute approximate surface area is 101 Å². The monoisotopic (exact) mass is 310 g/mol. The van der Waals surface area contributed by atoms with Crippen molar-refractivity contribution in [2.75, 3.05) is 0 Å². The standard InChI is InChI=1S/C9H5BrF2OS2/c10-7-2-6(12)9(15-7)8-5(11)1-4(3-13)14-8/h1-2,13H,3H2. The number of rotatable bonds is 2. The van der Waals surface area contributed by atoms with Crippen LogP contribution in [0.2, 0.25) is 0 Å². The summed E-state index contributed by atoms with van der Waals surface area (Å²) in [6.07, 6.45) is 0. The van der Waals surface area contributed by atoms with Crippen molar-refractivity contribution >= 4 is 38.6 Å². The number of aliphatic hydroxyl groups is 1. The van der Waals surface area contributed by atoms with Crippen LogP contribution in [0.15, 0.2) is 15.9 Å². The van der Waals surface area contributed by atoms with Gasteiger partial charge in [0.15, 0.2) is 0 Å². The van der Waals surface area contributed by atoms with Crippen LogP contribution in [0.1, 0.15) is 4.88 Å². The summed E-state index contributed by atoms with van der Waals surface area (Å²) >= 11 is 5.34. The summed E-state index contributed by atoms with van der Waals surface area (Å²) in [5.74, 6) is -0.936. The smallest absolute Gasteiger partial charge is 0.143 e. The van der Waals surface area contributed by atoms with Gasteiger partial charge in [-0.25, -0.2) is 8.78 Å².